The summed E-state index contributed by atoms with van der Waals surface area (Å²) in [4.78, 5) is 19.3. The molecule has 0 aromatic rings. The molecule has 2 N–H and O–H groups in total. The number of carboxylic acid groups (broad SMARTS) is 2. The molecule has 4 nitrogen and oxygen atoms in total. The predicted molar refractivity (Wildman–Crippen MR) is 30.3 cm³/mol. The van der Waals surface area contributed by atoms with Crippen molar-refractivity contribution in [2.45, 2.75) is 12.8 Å². The standard InChI is InChI=1S/C4H6O4.Al.3ClH/c5-3(6)1-2-4(7)8;;;;/h1-2H2,(H,5,6)(H,7,8);;3*1H/q;+3;;;/p-3. The molecule has 0 aromatic carbocycles. The maximum Gasteiger partial charge on any atom is 3.00 e. The number of halogens is 3. The Morgan fingerprint density at radius 3 is 1.08 bits per heavy atom. The van der Waals surface area contributed by atoms with Crippen molar-refractivity contribution in [3.05, 3.63) is 0 Å². The van der Waals surface area contributed by atoms with E-state index in [1.807, 2.05) is 0 Å². The van der Waals surface area contributed by atoms with Crippen LogP contribution in [0.2, 0.25) is 0 Å². The molecule has 0 rings (SSSR count). The van der Waals surface area contributed by atoms with Crippen LogP contribution < -0.4 is 37.2 Å². The van der Waals surface area contributed by atoms with Gasteiger partial charge in [-0.15, -0.1) is 0 Å². The van der Waals surface area contributed by atoms with Crippen LogP contribution in [-0.2, 0) is 9.59 Å². The van der Waals surface area contributed by atoms with Crippen LogP contribution in [0, 0.1) is 0 Å². The van der Waals surface area contributed by atoms with Gasteiger partial charge in [0.05, 0.1) is 12.8 Å². The second kappa shape index (κ2) is 17.4. The first-order valence-corrected chi connectivity index (χ1v) is 2.06. The normalized spacial score (nSPS) is 5.67. The van der Waals surface area contributed by atoms with E-state index in [2.05, 4.69) is 0 Å². The third kappa shape index (κ3) is 31.6. The molecule has 0 fully saturated rings. The van der Waals surface area contributed by atoms with Crippen molar-refractivity contribution in [1.82, 2.24) is 0 Å². The van der Waals surface area contributed by atoms with E-state index in [1.165, 1.54) is 0 Å². The number of hydrogen-bond donors (Lipinski definition) is 2. The minimum Gasteiger partial charge on any atom is -1.00 e. The summed E-state index contributed by atoms with van der Waals surface area (Å²) in [5.41, 5.74) is 0. The summed E-state index contributed by atoms with van der Waals surface area (Å²) >= 11 is 0. The molecule has 0 saturated carbocycles. The van der Waals surface area contributed by atoms with Crippen LogP contribution in [0.4, 0.5) is 0 Å². The molecular formula is C4H6AlCl3O4. The summed E-state index contributed by atoms with van der Waals surface area (Å²) in [7, 11) is 0. The number of carbonyl (C=O) groups is 2. The molecule has 8 heteroatoms. The van der Waals surface area contributed by atoms with Crippen molar-refractivity contribution in [1.29, 1.82) is 0 Å². The summed E-state index contributed by atoms with van der Waals surface area (Å²) < 4.78 is 0. The van der Waals surface area contributed by atoms with Gasteiger partial charge in [0.1, 0.15) is 0 Å². The van der Waals surface area contributed by atoms with Gasteiger partial charge < -0.3 is 47.4 Å². The molecule has 0 aliphatic carbocycles. The molecule has 0 aliphatic rings. The summed E-state index contributed by atoms with van der Waals surface area (Å²) in [6.45, 7) is 0. The molecule has 0 spiro atoms. The molecule has 0 heterocycles. The SMILES string of the molecule is O=C(O)CCC(=O)O.[Al+3].[Cl-].[Cl-].[Cl-]. The molecule has 0 saturated heterocycles. The van der Waals surface area contributed by atoms with E-state index in [0.29, 0.717) is 0 Å². The smallest absolute Gasteiger partial charge is 1.00 e. The molecular weight excluding hydrogens is 245 g/mol. The van der Waals surface area contributed by atoms with Crippen LogP contribution >= 0.6 is 0 Å². The fraction of sp³-hybridized carbons (Fsp3) is 0.500. The molecule has 0 aliphatic heterocycles. The Bertz CT molecular complexity index is 107. The molecule has 0 bridgehead atoms. The number of aliphatic carboxylic acids is 2. The fourth-order valence-corrected chi connectivity index (χ4v) is 0.214. The number of carboxylic acids is 2. The Hall–Kier alpha value is 0.342. The Balaban J connectivity index is -0.0000000408. The number of hydrogen-bond acceptors (Lipinski definition) is 2. The van der Waals surface area contributed by atoms with E-state index < -0.39 is 11.9 Å². The van der Waals surface area contributed by atoms with E-state index in [-0.39, 0.29) is 67.4 Å². The first-order chi connectivity index (χ1) is 3.63. The van der Waals surface area contributed by atoms with Crippen LogP contribution in [0.1, 0.15) is 12.8 Å². The first-order valence-electron chi connectivity index (χ1n) is 2.06. The summed E-state index contributed by atoms with van der Waals surface area (Å²) in [5.74, 6) is -2.15. The van der Waals surface area contributed by atoms with Gasteiger partial charge >= 0.3 is 29.3 Å². The number of rotatable bonds is 3. The van der Waals surface area contributed by atoms with E-state index >= 15 is 0 Å². The van der Waals surface area contributed by atoms with Gasteiger partial charge in [0.15, 0.2) is 0 Å². The first kappa shape index (κ1) is 29.5. The molecule has 12 heavy (non-hydrogen) atoms. The summed E-state index contributed by atoms with van der Waals surface area (Å²) in [6, 6.07) is 0. The van der Waals surface area contributed by atoms with Crippen LogP contribution in [0.3, 0.4) is 0 Å². The van der Waals surface area contributed by atoms with Crippen molar-refractivity contribution < 1.29 is 57.0 Å². The van der Waals surface area contributed by atoms with Gasteiger partial charge in [-0.2, -0.15) is 0 Å². The van der Waals surface area contributed by atoms with Gasteiger partial charge in [-0.1, -0.05) is 0 Å². The van der Waals surface area contributed by atoms with Gasteiger partial charge in [0.25, 0.3) is 0 Å². The molecule has 0 amide bonds. The van der Waals surface area contributed by atoms with Crippen molar-refractivity contribution in [3.63, 3.8) is 0 Å². The van der Waals surface area contributed by atoms with Crippen molar-refractivity contribution in [2.75, 3.05) is 0 Å². The van der Waals surface area contributed by atoms with Gasteiger partial charge in [0.2, 0.25) is 0 Å². The molecule has 0 unspecified atom stereocenters. The maximum absolute atomic E-state index is 9.64. The van der Waals surface area contributed by atoms with Crippen LogP contribution in [-0.4, -0.2) is 39.5 Å². The molecule has 0 atom stereocenters. The topological polar surface area (TPSA) is 74.6 Å². The van der Waals surface area contributed by atoms with Crippen molar-refractivity contribution in [3.8, 4) is 0 Å². The molecule has 0 aromatic heterocycles. The molecule has 0 radical (unpaired) electrons. The van der Waals surface area contributed by atoms with Gasteiger partial charge in [-0.3, -0.25) is 9.59 Å². The predicted octanol–water partition coefficient (Wildman–Crippen LogP) is -9.43. The van der Waals surface area contributed by atoms with E-state index in [1.54, 1.807) is 0 Å². The minimum atomic E-state index is -1.08. The Morgan fingerprint density at radius 1 is 0.833 bits per heavy atom. The largest absolute Gasteiger partial charge is 3.00 e. The van der Waals surface area contributed by atoms with E-state index in [4.69, 9.17) is 10.2 Å². The maximum atomic E-state index is 9.64. The third-order valence-electron chi connectivity index (χ3n) is 0.553. The fourth-order valence-electron chi connectivity index (χ4n) is 0.214. The monoisotopic (exact) mass is 250 g/mol. The average molecular weight is 251 g/mol. The Kier molecular flexibility index (Phi) is 42.8. The van der Waals surface area contributed by atoms with Gasteiger partial charge in [0, 0.05) is 0 Å². The third-order valence-corrected chi connectivity index (χ3v) is 0.553. The minimum absolute atomic E-state index is 0. The van der Waals surface area contributed by atoms with Crippen LogP contribution in [0.15, 0.2) is 0 Å². The zero-order valence-electron chi connectivity index (χ0n) is 5.84. The van der Waals surface area contributed by atoms with Crippen molar-refractivity contribution >= 4 is 29.3 Å². The van der Waals surface area contributed by atoms with Crippen LogP contribution in [0.25, 0.3) is 0 Å². The second-order valence-electron chi connectivity index (χ2n) is 1.29. The zero-order valence-corrected chi connectivity index (χ0v) is 9.26. The van der Waals surface area contributed by atoms with E-state index in [9.17, 15) is 9.59 Å². The Morgan fingerprint density at radius 2 is 1.00 bits per heavy atom. The van der Waals surface area contributed by atoms with Crippen LogP contribution in [0.5, 0.6) is 0 Å². The summed E-state index contributed by atoms with van der Waals surface area (Å²) in [5, 5.41) is 15.8. The molecule has 70 valence electrons. The van der Waals surface area contributed by atoms with E-state index in [0.717, 1.165) is 0 Å². The average Bonchev–Trinajstić information content (AvgIpc) is 1.61. The van der Waals surface area contributed by atoms with Gasteiger partial charge in [-0.05, 0) is 0 Å². The zero-order chi connectivity index (χ0) is 6.57. The summed E-state index contributed by atoms with van der Waals surface area (Å²) in [6.07, 6.45) is -0.593. The Labute approximate surface area is 99.1 Å². The van der Waals surface area contributed by atoms with Gasteiger partial charge in [-0.25, -0.2) is 0 Å². The second-order valence-corrected chi connectivity index (χ2v) is 1.29. The van der Waals surface area contributed by atoms with Crippen molar-refractivity contribution in [2.24, 2.45) is 0 Å². The quantitative estimate of drug-likeness (QED) is 0.489.